The molecule has 2 aromatic rings. The summed E-state index contributed by atoms with van der Waals surface area (Å²) in [6, 6.07) is 3.51. The summed E-state index contributed by atoms with van der Waals surface area (Å²) in [6.07, 6.45) is 1.12. The zero-order valence-corrected chi connectivity index (χ0v) is 13.1. The molecule has 0 unspecified atom stereocenters. The molecule has 4 nitrogen and oxygen atoms in total. The van der Waals surface area contributed by atoms with Gasteiger partial charge in [-0.2, -0.15) is 0 Å². The zero-order valence-electron chi connectivity index (χ0n) is 10.2. The first-order valence-corrected chi connectivity index (χ1v) is 6.80. The van der Waals surface area contributed by atoms with Gasteiger partial charge < -0.3 is 4.74 Å². The highest BCUT2D eigenvalue weighted by Crippen LogP contribution is 2.26. The standard InChI is InChI=1S/C12H12ClIN2O2/c1-12(2,3)18-11(17)16-9(14)6-7-8(13)4-5-15-10(7)16/h4-6H,1-3H3. The van der Waals surface area contributed by atoms with Crippen LogP contribution in [0.1, 0.15) is 20.8 Å². The number of halogens is 2. The third-order valence-corrected chi connectivity index (χ3v) is 3.30. The molecule has 6 heteroatoms. The molecule has 0 aliphatic heterocycles. The van der Waals surface area contributed by atoms with Crippen LogP contribution in [0.2, 0.25) is 5.02 Å². The van der Waals surface area contributed by atoms with Crippen molar-refractivity contribution in [3.63, 3.8) is 0 Å². The minimum Gasteiger partial charge on any atom is -0.443 e. The maximum absolute atomic E-state index is 12.1. The molecule has 0 bridgehead atoms. The number of pyridine rings is 1. The summed E-state index contributed by atoms with van der Waals surface area (Å²) in [5, 5.41) is 1.31. The molecule has 2 rings (SSSR count). The SMILES string of the molecule is CC(C)(C)OC(=O)n1c(I)cc2c(Cl)ccnc21. The quantitative estimate of drug-likeness (QED) is 0.649. The molecule has 18 heavy (non-hydrogen) atoms. The van der Waals surface area contributed by atoms with E-state index in [9.17, 15) is 4.79 Å². The number of carbonyl (C=O) groups excluding carboxylic acids is 1. The van der Waals surface area contributed by atoms with Gasteiger partial charge in [-0.3, -0.25) is 0 Å². The Balaban J connectivity index is 2.54. The van der Waals surface area contributed by atoms with Gasteiger partial charge in [-0.1, -0.05) is 11.6 Å². The molecular weight excluding hydrogens is 367 g/mol. The monoisotopic (exact) mass is 378 g/mol. The van der Waals surface area contributed by atoms with Crippen molar-refractivity contribution in [3.05, 3.63) is 27.1 Å². The maximum Gasteiger partial charge on any atom is 0.421 e. The molecule has 0 fully saturated rings. The number of hydrogen-bond acceptors (Lipinski definition) is 3. The van der Waals surface area contributed by atoms with Crippen molar-refractivity contribution in [2.24, 2.45) is 0 Å². The summed E-state index contributed by atoms with van der Waals surface area (Å²) in [5.41, 5.74) is -0.0313. The number of hydrogen-bond donors (Lipinski definition) is 0. The average Bonchev–Trinajstić information content (AvgIpc) is 2.53. The first kappa shape index (κ1) is 13.6. The summed E-state index contributed by atoms with van der Waals surface area (Å²) in [7, 11) is 0. The third-order valence-electron chi connectivity index (χ3n) is 2.18. The smallest absolute Gasteiger partial charge is 0.421 e. The summed E-state index contributed by atoms with van der Waals surface area (Å²) in [4.78, 5) is 16.3. The molecule has 96 valence electrons. The van der Waals surface area contributed by atoms with E-state index >= 15 is 0 Å². The second kappa shape index (κ2) is 4.70. The lowest BCUT2D eigenvalue weighted by molar-refractivity contribution is 0.0540. The van der Waals surface area contributed by atoms with Crippen molar-refractivity contribution in [2.75, 3.05) is 0 Å². The van der Waals surface area contributed by atoms with E-state index in [-0.39, 0.29) is 0 Å². The molecule has 0 atom stereocenters. The summed E-state index contributed by atoms with van der Waals surface area (Å²) in [5.74, 6) is 0. The molecule has 0 aromatic carbocycles. The first-order chi connectivity index (χ1) is 8.29. The van der Waals surface area contributed by atoms with Crippen LogP contribution < -0.4 is 0 Å². The van der Waals surface area contributed by atoms with Gasteiger partial charge in [0, 0.05) is 11.6 Å². The van der Waals surface area contributed by atoms with E-state index in [1.807, 2.05) is 26.8 Å². The Kier molecular flexibility index (Phi) is 3.55. The Bertz CT molecular complexity index is 616. The molecule has 2 aromatic heterocycles. The van der Waals surface area contributed by atoms with Crippen molar-refractivity contribution in [1.29, 1.82) is 0 Å². The molecular formula is C12H12ClIN2O2. The summed E-state index contributed by atoms with van der Waals surface area (Å²) >= 11 is 8.13. The number of nitrogens with zero attached hydrogens (tertiary/aromatic N) is 2. The maximum atomic E-state index is 12.1. The Hall–Kier alpha value is -0.820. The van der Waals surface area contributed by atoms with Gasteiger partial charge in [0.15, 0.2) is 5.65 Å². The molecule has 0 saturated heterocycles. The van der Waals surface area contributed by atoms with E-state index in [1.54, 1.807) is 12.3 Å². The van der Waals surface area contributed by atoms with Crippen molar-refractivity contribution in [2.45, 2.75) is 26.4 Å². The van der Waals surface area contributed by atoms with Crippen molar-refractivity contribution < 1.29 is 9.53 Å². The lowest BCUT2D eigenvalue weighted by atomic mass is 10.2. The van der Waals surface area contributed by atoms with Crippen LogP contribution in [0.4, 0.5) is 4.79 Å². The van der Waals surface area contributed by atoms with E-state index in [1.165, 1.54) is 4.57 Å². The van der Waals surface area contributed by atoms with Crippen molar-refractivity contribution in [1.82, 2.24) is 9.55 Å². The van der Waals surface area contributed by atoms with E-state index in [0.29, 0.717) is 10.7 Å². The van der Waals surface area contributed by atoms with Crippen molar-refractivity contribution >= 4 is 51.3 Å². The number of fused-ring (bicyclic) bond motifs is 1. The summed E-state index contributed by atoms with van der Waals surface area (Å²) in [6.45, 7) is 5.47. The molecule has 0 saturated carbocycles. The van der Waals surface area contributed by atoms with Crippen LogP contribution in [-0.4, -0.2) is 21.2 Å². The van der Waals surface area contributed by atoms with Gasteiger partial charge in [-0.05, 0) is 55.5 Å². The van der Waals surface area contributed by atoms with E-state index in [0.717, 1.165) is 9.09 Å². The number of aromatic nitrogens is 2. The lowest BCUT2D eigenvalue weighted by Crippen LogP contribution is -2.27. The van der Waals surface area contributed by atoms with E-state index < -0.39 is 11.7 Å². The average molecular weight is 379 g/mol. The number of rotatable bonds is 0. The predicted molar refractivity (Wildman–Crippen MR) is 79.1 cm³/mol. The van der Waals surface area contributed by atoms with Gasteiger partial charge in [0.2, 0.25) is 0 Å². The first-order valence-electron chi connectivity index (χ1n) is 5.34. The van der Waals surface area contributed by atoms with Crippen LogP contribution in [-0.2, 0) is 4.74 Å². The van der Waals surface area contributed by atoms with Crippen LogP contribution >= 0.6 is 34.2 Å². The van der Waals surface area contributed by atoms with Crippen LogP contribution in [0.25, 0.3) is 11.0 Å². The minimum absolute atomic E-state index is 0.448. The topological polar surface area (TPSA) is 44.1 Å². The van der Waals surface area contributed by atoms with Crippen molar-refractivity contribution in [3.8, 4) is 0 Å². The fourth-order valence-corrected chi connectivity index (χ4v) is 2.45. The molecule has 2 heterocycles. The molecule has 0 amide bonds. The molecule has 0 radical (unpaired) electrons. The van der Waals surface area contributed by atoms with Crippen LogP contribution in [0.15, 0.2) is 18.3 Å². The van der Waals surface area contributed by atoms with Crippen LogP contribution in [0.5, 0.6) is 0 Å². The Morgan fingerprint density at radius 2 is 2.17 bits per heavy atom. The highest BCUT2D eigenvalue weighted by Gasteiger charge is 2.22. The van der Waals surface area contributed by atoms with Gasteiger partial charge in [-0.25, -0.2) is 14.3 Å². The molecule has 0 spiro atoms. The second-order valence-electron chi connectivity index (χ2n) is 4.81. The van der Waals surface area contributed by atoms with E-state index in [4.69, 9.17) is 16.3 Å². The predicted octanol–water partition coefficient (Wildman–Crippen LogP) is 4.08. The van der Waals surface area contributed by atoms with Crippen LogP contribution in [0.3, 0.4) is 0 Å². The summed E-state index contributed by atoms with van der Waals surface area (Å²) < 4.78 is 7.49. The fourth-order valence-electron chi connectivity index (χ4n) is 1.52. The normalized spacial score (nSPS) is 11.8. The fraction of sp³-hybridized carbons (Fsp3) is 0.333. The highest BCUT2D eigenvalue weighted by atomic mass is 127. The Labute approximate surface area is 123 Å². The molecule has 0 aliphatic carbocycles. The third kappa shape index (κ3) is 2.61. The van der Waals surface area contributed by atoms with Gasteiger partial charge in [-0.15, -0.1) is 0 Å². The van der Waals surface area contributed by atoms with Gasteiger partial charge in [0.25, 0.3) is 0 Å². The zero-order chi connectivity index (χ0) is 13.5. The Morgan fingerprint density at radius 3 is 2.78 bits per heavy atom. The number of carbonyl (C=O) groups is 1. The number of ether oxygens (including phenoxy) is 1. The Morgan fingerprint density at radius 1 is 1.50 bits per heavy atom. The van der Waals surface area contributed by atoms with E-state index in [2.05, 4.69) is 27.6 Å². The van der Waals surface area contributed by atoms with Gasteiger partial charge in [0.05, 0.1) is 8.72 Å². The molecule has 0 N–H and O–H groups in total. The van der Waals surface area contributed by atoms with Gasteiger partial charge >= 0.3 is 6.09 Å². The molecule has 0 aliphatic rings. The lowest BCUT2D eigenvalue weighted by Gasteiger charge is -2.20. The highest BCUT2D eigenvalue weighted by molar-refractivity contribution is 14.1. The second-order valence-corrected chi connectivity index (χ2v) is 6.33. The van der Waals surface area contributed by atoms with Crippen LogP contribution in [0, 0.1) is 3.70 Å². The van der Waals surface area contributed by atoms with Gasteiger partial charge in [0.1, 0.15) is 5.60 Å². The largest absolute Gasteiger partial charge is 0.443 e. The minimum atomic E-state index is -0.546.